The summed E-state index contributed by atoms with van der Waals surface area (Å²) in [6, 6.07) is 7.41. The van der Waals surface area contributed by atoms with E-state index in [0.29, 0.717) is 11.6 Å². The molecule has 0 spiro atoms. The van der Waals surface area contributed by atoms with Crippen molar-refractivity contribution >= 4 is 28.8 Å². The first-order chi connectivity index (χ1) is 8.42. The molecule has 0 bridgehead atoms. The van der Waals surface area contributed by atoms with E-state index < -0.39 is 0 Å². The van der Waals surface area contributed by atoms with Crippen LogP contribution in [0, 0.1) is 5.41 Å². The number of hydrogen-bond donors (Lipinski definition) is 1. The molecule has 0 atom stereocenters. The van der Waals surface area contributed by atoms with Crippen molar-refractivity contribution in [3.05, 3.63) is 29.3 Å². The maximum Gasteiger partial charge on any atom is 0.119 e. The molecule has 1 aromatic carbocycles. The van der Waals surface area contributed by atoms with Crippen LogP contribution >= 0.6 is 23.8 Å². The van der Waals surface area contributed by atoms with Crippen LogP contribution in [0.5, 0.6) is 5.75 Å². The Morgan fingerprint density at radius 1 is 1.28 bits per heavy atom. The van der Waals surface area contributed by atoms with E-state index in [-0.39, 0.29) is 5.41 Å². The number of rotatable bonds is 7. The molecule has 0 amide bonds. The molecular formula is C14H20ClNOS. The molecule has 2 nitrogen and oxygen atoms in total. The topological polar surface area (TPSA) is 35.2 Å². The van der Waals surface area contributed by atoms with Crippen LogP contribution in [-0.2, 0) is 0 Å². The normalized spacial score (nSPS) is 11.3. The molecule has 0 fully saturated rings. The van der Waals surface area contributed by atoms with Gasteiger partial charge >= 0.3 is 0 Å². The number of ether oxygens (including phenoxy) is 1. The van der Waals surface area contributed by atoms with Gasteiger partial charge in [-0.15, -0.1) is 0 Å². The summed E-state index contributed by atoms with van der Waals surface area (Å²) in [6.07, 6.45) is 3.04. The van der Waals surface area contributed by atoms with Gasteiger partial charge < -0.3 is 10.5 Å². The lowest BCUT2D eigenvalue weighted by Gasteiger charge is -2.22. The van der Waals surface area contributed by atoms with Gasteiger partial charge in [0, 0.05) is 10.4 Å². The Balaban J connectivity index is 2.20. The van der Waals surface area contributed by atoms with Gasteiger partial charge in [-0.3, -0.25) is 0 Å². The van der Waals surface area contributed by atoms with Crippen LogP contribution in [-0.4, -0.2) is 11.6 Å². The molecule has 0 unspecified atom stereocenters. The first-order valence-electron chi connectivity index (χ1n) is 6.10. The maximum absolute atomic E-state index is 5.80. The summed E-state index contributed by atoms with van der Waals surface area (Å²) < 4.78 is 5.61. The second kappa shape index (κ2) is 6.95. The van der Waals surface area contributed by atoms with Crippen molar-refractivity contribution in [1.82, 2.24) is 0 Å². The Hall–Kier alpha value is -0.800. The molecule has 0 radical (unpaired) electrons. The molecule has 0 saturated heterocycles. The zero-order valence-corrected chi connectivity index (χ0v) is 12.5. The SMILES string of the molecule is CC(C)(CCCCOc1ccc(Cl)cc1)C(N)=S. The van der Waals surface area contributed by atoms with Gasteiger partial charge in [0.1, 0.15) is 5.75 Å². The molecule has 0 aliphatic carbocycles. The van der Waals surface area contributed by atoms with E-state index >= 15 is 0 Å². The summed E-state index contributed by atoms with van der Waals surface area (Å²) in [4.78, 5) is 0.584. The standard InChI is InChI=1S/C14H20ClNOS/c1-14(2,13(16)18)9-3-4-10-17-12-7-5-11(15)6-8-12/h5-8H,3-4,9-10H2,1-2H3,(H2,16,18). The second-order valence-corrected chi connectivity index (χ2v) is 5.88. The zero-order valence-electron chi connectivity index (χ0n) is 10.9. The van der Waals surface area contributed by atoms with E-state index in [1.807, 2.05) is 24.3 Å². The van der Waals surface area contributed by atoms with Crippen molar-refractivity contribution in [1.29, 1.82) is 0 Å². The molecule has 100 valence electrons. The molecule has 0 aliphatic heterocycles. The third kappa shape index (κ3) is 5.23. The number of unbranched alkanes of at least 4 members (excludes halogenated alkanes) is 1. The molecule has 4 heteroatoms. The zero-order chi connectivity index (χ0) is 13.6. The van der Waals surface area contributed by atoms with E-state index in [0.717, 1.165) is 30.0 Å². The van der Waals surface area contributed by atoms with Crippen LogP contribution in [0.25, 0.3) is 0 Å². The van der Waals surface area contributed by atoms with Crippen LogP contribution in [0.2, 0.25) is 5.02 Å². The summed E-state index contributed by atoms with van der Waals surface area (Å²) in [6.45, 7) is 4.86. The predicted molar refractivity (Wildman–Crippen MR) is 81.4 cm³/mol. The van der Waals surface area contributed by atoms with Gasteiger partial charge in [-0.2, -0.15) is 0 Å². The second-order valence-electron chi connectivity index (χ2n) is 5.01. The number of hydrogen-bond acceptors (Lipinski definition) is 2. The first-order valence-corrected chi connectivity index (χ1v) is 6.89. The average molecular weight is 286 g/mol. The average Bonchev–Trinajstić information content (AvgIpc) is 2.31. The molecule has 0 saturated carbocycles. The van der Waals surface area contributed by atoms with Crippen molar-refractivity contribution in [3.8, 4) is 5.75 Å². The van der Waals surface area contributed by atoms with Crippen molar-refractivity contribution in [2.24, 2.45) is 11.1 Å². The highest BCUT2D eigenvalue weighted by Gasteiger charge is 2.20. The minimum atomic E-state index is -0.0599. The van der Waals surface area contributed by atoms with Gasteiger partial charge in [0.15, 0.2) is 0 Å². The summed E-state index contributed by atoms with van der Waals surface area (Å²) in [5, 5.41) is 0.723. The fourth-order valence-corrected chi connectivity index (χ4v) is 1.74. The predicted octanol–water partition coefficient (Wildman–Crippen LogP) is 4.20. The van der Waals surface area contributed by atoms with Gasteiger partial charge in [-0.05, 0) is 43.5 Å². The molecule has 0 aliphatic rings. The number of thiocarbonyl (C=S) groups is 1. The lowest BCUT2D eigenvalue weighted by Crippen LogP contribution is -2.29. The van der Waals surface area contributed by atoms with Crippen LogP contribution in [0.4, 0.5) is 0 Å². The molecule has 0 aromatic heterocycles. The number of nitrogens with two attached hydrogens (primary N) is 1. The minimum absolute atomic E-state index is 0.0599. The van der Waals surface area contributed by atoms with Gasteiger partial charge in [0.25, 0.3) is 0 Å². The summed E-state index contributed by atoms with van der Waals surface area (Å²) in [7, 11) is 0. The van der Waals surface area contributed by atoms with Crippen molar-refractivity contribution in [3.63, 3.8) is 0 Å². The molecule has 1 rings (SSSR count). The largest absolute Gasteiger partial charge is 0.494 e. The van der Waals surface area contributed by atoms with Gasteiger partial charge in [0.2, 0.25) is 0 Å². The Labute approximate surface area is 119 Å². The van der Waals surface area contributed by atoms with Gasteiger partial charge in [0.05, 0.1) is 11.6 Å². The quantitative estimate of drug-likeness (QED) is 0.602. The van der Waals surface area contributed by atoms with Gasteiger partial charge in [-0.1, -0.05) is 37.7 Å². The monoisotopic (exact) mass is 285 g/mol. The van der Waals surface area contributed by atoms with Crippen LogP contribution in [0.3, 0.4) is 0 Å². The Kier molecular flexibility index (Phi) is 5.89. The van der Waals surface area contributed by atoms with Crippen molar-refractivity contribution in [2.45, 2.75) is 33.1 Å². The molecule has 1 aromatic rings. The smallest absolute Gasteiger partial charge is 0.119 e. The van der Waals surface area contributed by atoms with Gasteiger partial charge in [-0.25, -0.2) is 0 Å². The summed E-state index contributed by atoms with van der Waals surface area (Å²) >= 11 is 10.8. The minimum Gasteiger partial charge on any atom is -0.494 e. The maximum atomic E-state index is 5.80. The first kappa shape index (κ1) is 15.3. The fourth-order valence-electron chi connectivity index (χ4n) is 1.51. The highest BCUT2D eigenvalue weighted by Crippen LogP contribution is 2.23. The third-order valence-corrected chi connectivity index (χ3v) is 3.75. The molecular weight excluding hydrogens is 266 g/mol. The van der Waals surface area contributed by atoms with Crippen LogP contribution < -0.4 is 10.5 Å². The lowest BCUT2D eigenvalue weighted by molar-refractivity contribution is 0.297. The van der Waals surface area contributed by atoms with Crippen LogP contribution in [0.15, 0.2) is 24.3 Å². The lowest BCUT2D eigenvalue weighted by atomic mass is 9.87. The van der Waals surface area contributed by atoms with Crippen molar-refractivity contribution < 1.29 is 4.74 Å². The highest BCUT2D eigenvalue weighted by atomic mass is 35.5. The van der Waals surface area contributed by atoms with E-state index in [1.165, 1.54) is 0 Å². The van der Waals surface area contributed by atoms with Crippen molar-refractivity contribution in [2.75, 3.05) is 6.61 Å². The number of halogens is 1. The van der Waals surface area contributed by atoms with E-state index in [2.05, 4.69) is 13.8 Å². The van der Waals surface area contributed by atoms with E-state index in [9.17, 15) is 0 Å². The number of benzene rings is 1. The van der Waals surface area contributed by atoms with E-state index in [1.54, 1.807) is 0 Å². The Bertz CT molecular complexity index is 389. The fraction of sp³-hybridized carbons (Fsp3) is 0.500. The molecule has 18 heavy (non-hydrogen) atoms. The summed E-state index contributed by atoms with van der Waals surface area (Å²) in [5.41, 5.74) is 5.62. The highest BCUT2D eigenvalue weighted by molar-refractivity contribution is 7.80. The third-order valence-electron chi connectivity index (χ3n) is 2.95. The molecule has 2 N–H and O–H groups in total. The van der Waals surface area contributed by atoms with Crippen LogP contribution in [0.1, 0.15) is 33.1 Å². The Morgan fingerprint density at radius 2 is 1.89 bits per heavy atom. The Morgan fingerprint density at radius 3 is 2.44 bits per heavy atom. The molecule has 0 heterocycles. The van der Waals surface area contributed by atoms with E-state index in [4.69, 9.17) is 34.3 Å². The summed E-state index contributed by atoms with van der Waals surface area (Å²) in [5.74, 6) is 0.855.